The van der Waals surface area contributed by atoms with E-state index in [-0.39, 0.29) is 6.04 Å². The van der Waals surface area contributed by atoms with E-state index in [1.165, 1.54) is 0 Å². The molecule has 1 atom stereocenters. The van der Waals surface area contributed by atoms with Crippen molar-refractivity contribution >= 4 is 27.5 Å². The Kier molecular flexibility index (Phi) is 3.00. The molecular weight excluding hydrogens is 265 g/mol. The molecule has 0 amide bonds. The van der Waals surface area contributed by atoms with Crippen LogP contribution in [-0.4, -0.2) is 11.7 Å². The highest BCUT2D eigenvalue weighted by molar-refractivity contribution is 9.10. The van der Waals surface area contributed by atoms with Gasteiger partial charge in [-0.3, -0.25) is 0 Å². The Bertz CT molecular complexity index is 350. The smallest absolute Gasteiger partial charge is 0.134 e. The van der Waals surface area contributed by atoms with Crippen LogP contribution in [0.4, 0.5) is 0 Å². The van der Waals surface area contributed by atoms with E-state index in [0.717, 1.165) is 24.9 Å². The first-order chi connectivity index (χ1) is 6.68. The van der Waals surface area contributed by atoms with Crippen molar-refractivity contribution in [2.45, 2.75) is 18.9 Å². The van der Waals surface area contributed by atoms with Gasteiger partial charge in [-0.1, -0.05) is 11.6 Å². The number of halogens is 2. The first-order valence-corrected chi connectivity index (χ1v) is 5.77. The van der Waals surface area contributed by atoms with Crippen LogP contribution in [0.25, 0.3) is 0 Å². The molecule has 0 aliphatic carbocycles. The van der Waals surface area contributed by atoms with Gasteiger partial charge in [-0.15, -0.1) is 0 Å². The molecule has 0 bridgehead atoms. The van der Waals surface area contributed by atoms with Gasteiger partial charge in [0.05, 0.1) is 4.47 Å². The lowest BCUT2D eigenvalue weighted by Crippen LogP contribution is -2.13. The van der Waals surface area contributed by atoms with Crippen LogP contribution in [0.1, 0.15) is 24.4 Å². The molecule has 0 spiro atoms. The molecule has 0 saturated carbocycles. The molecule has 14 heavy (non-hydrogen) atoms. The molecule has 1 aromatic carbocycles. The van der Waals surface area contributed by atoms with Gasteiger partial charge in [0.25, 0.3) is 0 Å². The van der Waals surface area contributed by atoms with Crippen LogP contribution in [0.5, 0.6) is 5.75 Å². The van der Waals surface area contributed by atoms with Crippen molar-refractivity contribution in [3.63, 3.8) is 0 Å². The van der Waals surface area contributed by atoms with Gasteiger partial charge >= 0.3 is 0 Å². The number of hydrogen-bond donors (Lipinski definition) is 2. The van der Waals surface area contributed by atoms with Crippen LogP contribution in [-0.2, 0) is 0 Å². The number of benzene rings is 1. The molecule has 2 nitrogen and oxygen atoms in total. The number of hydrogen-bond acceptors (Lipinski definition) is 2. The second-order valence-corrected chi connectivity index (χ2v) is 4.77. The highest BCUT2D eigenvalue weighted by atomic mass is 79.9. The molecule has 0 aromatic heterocycles. The zero-order valence-corrected chi connectivity index (χ0v) is 9.90. The lowest BCUT2D eigenvalue weighted by molar-refractivity contribution is 0.453. The van der Waals surface area contributed by atoms with Crippen molar-refractivity contribution < 1.29 is 5.11 Å². The molecule has 1 aromatic rings. The minimum absolute atomic E-state index is 0.241. The Hall–Kier alpha value is -0.250. The predicted octanol–water partition coefficient (Wildman–Crippen LogP) is 3.23. The Morgan fingerprint density at radius 2 is 2.29 bits per heavy atom. The SMILES string of the molecule is Oc1c(Br)cc(Cl)cc1[C@H]1CCCN1. The van der Waals surface area contributed by atoms with Crippen molar-refractivity contribution in [2.24, 2.45) is 0 Å². The van der Waals surface area contributed by atoms with Gasteiger partial charge in [0, 0.05) is 16.6 Å². The second-order valence-electron chi connectivity index (χ2n) is 3.47. The number of phenols is 1. The minimum atomic E-state index is 0.241. The maximum Gasteiger partial charge on any atom is 0.134 e. The van der Waals surface area contributed by atoms with Crippen molar-refractivity contribution in [2.75, 3.05) is 6.54 Å². The fourth-order valence-electron chi connectivity index (χ4n) is 1.80. The molecule has 4 heteroatoms. The van der Waals surface area contributed by atoms with Gasteiger partial charge < -0.3 is 10.4 Å². The maximum absolute atomic E-state index is 9.84. The Labute approximate surface area is 96.4 Å². The number of phenolic OH excluding ortho intramolecular Hbond substituents is 1. The van der Waals surface area contributed by atoms with Crippen molar-refractivity contribution in [1.82, 2.24) is 5.32 Å². The van der Waals surface area contributed by atoms with Crippen LogP contribution in [0.15, 0.2) is 16.6 Å². The summed E-state index contributed by atoms with van der Waals surface area (Å²) in [6.07, 6.45) is 2.20. The first-order valence-electron chi connectivity index (χ1n) is 4.60. The average molecular weight is 277 g/mol. The average Bonchev–Trinajstić information content (AvgIpc) is 2.63. The zero-order chi connectivity index (χ0) is 10.1. The van der Waals surface area contributed by atoms with Gasteiger partial charge in [0.15, 0.2) is 0 Å². The highest BCUT2D eigenvalue weighted by Crippen LogP contribution is 2.37. The third-order valence-corrected chi connectivity index (χ3v) is 3.32. The standard InChI is InChI=1S/C10H11BrClNO/c11-8-5-6(12)4-7(10(8)14)9-2-1-3-13-9/h4-5,9,13-14H,1-3H2/t9-/m1/s1. The second kappa shape index (κ2) is 4.09. The fraction of sp³-hybridized carbons (Fsp3) is 0.400. The lowest BCUT2D eigenvalue weighted by Gasteiger charge is -2.13. The Balaban J connectivity index is 2.40. The molecule has 1 fully saturated rings. The summed E-state index contributed by atoms with van der Waals surface area (Å²) >= 11 is 9.21. The third kappa shape index (κ3) is 1.90. The summed E-state index contributed by atoms with van der Waals surface area (Å²) in [5.41, 5.74) is 0.891. The van der Waals surface area contributed by atoms with E-state index >= 15 is 0 Å². The minimum Gasteiger partial charge on any atom is -0.506 e. The Morgan fingerprint density at radius 1 is 1.50 bits per heavy atom. The van der Waals surface area contributed by atoms with Crippen LogP contribution < -0.4 is 5.32 Å². The van der Waals surface area contributed by atoms with E-state index in [1.807, 2.05) is 6.07 Å². The molecule has 0 unspecified atom stereocenters. The summed E-state index contributed by atoms with van der Waals surface area (Å²) in [6, 6.07) is 3.77. The Morgan fingerprint density at radius 3 is 2.93 bits per heavy atom. The fourth-order valence-corrected chi connectivity index (χ4v) is 2.64. The summed E-state index contributed by atoms with van der Waals surface area (Å²) in [6.45, 7) is 1.01. The highest BCUT2D eigenvalue weighted by Gasteiger charge is 2.20. The van der Waals surface area contributed by atoms with Gasteiger partial charge in [-0.2, -0.15) is 0 Å². The normalized spacial score (nSPS) is 21.4. The van der Waals surface area contributed by atoms with E-state index in [4.69, 9.17) is 11.6 Å². The van der Waals surface area contributed by atoms with E-state index in [0.29, 0.717) is 15.2 Å². The van der Waals surface area contributed by atoms with Crippen molar-refractivity contribution in [3.05, 3.63) is 27.2 Å². The van der Waals surface area contributed by atoms with Gasteiger partial charge in [-0.25, -0.2) is 0 Å². The maximum atomic E-state index is 9.84. The van der Waals surface area contributed by atoms with Crippen LogP contribution in [0, 0.1) is 0 Å². The molecule has 1 aliphatic rings. The number of nitrogens with one attached hydrogen (secondary N) is 1. The predicted molar refractivity (Wildman–Crippen MR) is 60.8 cm³/mol. The summed E-state index contributed by atoms with van der Waals surface area (Å²) in [5.74, 6) is 0.300. The largest absolute Gasteiger partial charge is 0.506 e. The molecule has 2 N–H and O–H groups in total. The summed E-state index contributed by atoms with van der Waals surface area (Å²) in [4.78, 5) is 0. The van der Waals surface area contributed by atoms with E-state index in [9.17, 15) is 5.11 Å². The topological polar surface area (TPSA) is 32.3 Å². The van der Waals surface area contributed by atoms with Crippen LogP contribution in [0.3, 0.4) is 0 Å². The quantitative estimate of drug-likeness (QED) is 0.825. The van der Waals surface area contributed by atoms with Crippen molar-refractivity contribution in [1.29, 1.82) is 0 Å². The van der Waals surface area contributed by atoms with Gasteiger partial charge in [0.2, 0.25) is 0 Å². The molecule has 1 heterocycles. The molecule has 1 saturated heterocycles. The summed E-state index contributed by atoms with van der Waals surface area (Å²) in [5, 5.41) is 13.8. The van der Waals surface area contributed by atoms with Crippen molar-refractivity contribution in [3.8, 4) is 5.75 Å². The van der Waals surface area contributed by atoms with Crippen LogP contribution in [0.2, 0.25) is 5.02 Å². The molecule has 76 valence electrons. The van der Waals surface area contributed by atoms with E-state index < -0.39 is 0 Å². The first kappa shape index (κ1) is 10.3. The molecule has 0 radical (unpaired) electrons. The molecule has 2 rings (SSSR count). The van der Waals surface area contributed by atoms with E-state index in [1.54, 1.807) is 6.07 Å². The molecule has 1 aliphatic heterocycles. The number of aromatic hydroxyl groups is 1. The van der Waals surface area contributed by atoms with Crippen LogP contribution >= 0.6 is 27.5 Å². The number of rotatable bonds is 1. The summed E-state index contributed by atoms with van der Waals surface area (Å²) in [7, 11) is 0. The lowest BCUT2D eigenvalue weighted by atomic mass is 10.0. The summed E-state index contributed by atoms with van der Waals surface area (Å²) < 4.78 is 0.661. The van der Waals surface area contributed by atoms with E-state index in [2.05, 4.69) is 21.2 Å². The monoisotopic (exact) mass is 275 g/mol. The molecular formula is C10H11BrClNO. The zero-order valence-electron chi connectivity index (χ0n) is 7.56. The third-order valence-electron chi connectivity index (χ3n) is 2.49. The van der Waals surface area contributed by atoms with Gasteiger partial charge in [0.1, 0.15) is 5.75 Å². The van der Waals surface area contributed by atoms with Gasteiger partial charge in [-0.05, 0) is 47.4 Å².